The van der Waals surface area contributed by atoms with Crippen molar-refractivity contribution in [3.8, 4) is 5.75 Å². The number of hydrogen-bond donors (Lipinski definition) is 2. The van der Waals surface area contributed by atoms with Crippen LogP contribution in [0.25, 0.3) is 10.9 Å². The van der Waals surface area contributed by atoms with E-state index in [0.29, 0.717) is 0 Å². The number of H-pyrrole nitrogens is 1. The number of nitrogens with one attached hydrogen (secondary N) is 1. The van der Waals surface area contributed by atoms with Crippen LogP contribution in [0.5, 0.6) is 5.75 Å². The molecule has 0 saturated carbocycles. The molecule has 5 nitrogen and oxygen atoms in total. The normalized spacial score (nSPS) is 10.7. The quantitative estimate of drug-likeness (QED) is 0.829. The molecular weight excluding hydrogens is 277 g/mol. The second kappa shape index (κ2) is 4.89. The molecule has 0 aliphatic rings. The van der Waals surface area contributed by atoms with Gasteiger partial charge in [-0.05, 0) is 19.1 Å². The van der Waals surface area contributed by atoms with Gasteiger partial charge in [0.15, 0.2) is 5.56 Å². The van der Waals surface area contributed by atoms with Gasteiger partial charge in [-0.3, -0.25) is 4.79 Å². The predicted molar refractivity (Wildman–Crippen MR) is 67.2 cm³/mol. The number of carbonyl (C=O) groups excluding carboxylic acids is 1. The topological polar surface area (TPSA) is 79.4 Å². The van der Waals surface area contributed by atoms with Gasteiger partial charge in [-0.15, -0.1) is 0 Å². The number of aromatic nitrogens is 1. The lowest BCUT2D eigenvalue weighted by Crippen LogP contribution is -2.20. The smallest absolute Gasteiger partial charge is 0.347 e. The molecule has 0 spiro atoms. The van der Waals surface area contributed by atoms with E-state index in [1.54, 1.807) is 6.92 Å². The zero-order chi connectivity index (χ0) is 14.2. The highest BCUT2D eigenvalue weighted by Crippen LogP contribution is 2.29. The number of carbonyl (C=O) groups is 1. The first-order valence-corrected chi connectivity index (χ1v) is 5.74. The van der Waals surface area contributed by atoms with Crippen molar-refractivity contribution in [2.24, 2.45) is 0 Å². The minimum absolute atomic E-state index is 0.0236. The van der Waals surface area contributed by atoms with E-state index in [1.807, 2.05) is 0 Å². The lowest BCUT2D eigenvalue weighted by molar-refractivity contribution is 0.0521. The Labute approximate surface area is 111 Å². The molecule has 19 heavy (non-hydrogen) atoms. The van der Waals surface area contributed by atoms with Crippen molar-refractivity contribution in [3.05, 3.63) is 38.9 Å². The molecule has 2 N–H and O–H groups in total. The molecule has 0 bridgehead atoms. The van der Waals surface area contributed by atoms with Crippen molar-refractivity contribution in [2.75, 3.05) is 6.61 Å². The molecule has 0 fully saturated rings. The number of esters is 1. The monoisotopic (exact) mass is 285 g/mol. The maximum Gasteiger partial charge on any atom is 0.347 e. The summed E-state index contributed by atoms with van der Waals surface area (Å²) < 4.78 is 18.0. The Morgan fingerprint density at radius 2 is 2.21 bits per heavy atom. The van der Waals surface area contributed by atoms with Crippen LogP contribution in [0.3, 0.4) is 0 Å². The summed E-state index contributed by atoms with van der Waals surface area (Å²) in [4.78, 5) is 25.6. The SMILES string of the molecule is CCOC(=O)c1c(O)c2cc(F)c(Cl)cc2[nH]c1=O. The van der Waals surface area contributed by atoms with Crippen molar-refractivity contribution in [2.45, 2.75) is 6.92 Å². The number of halogens is 2. The molecule has 100 valence electrons. The van der Waals surface area contributed by atoms with Crippen LogP contribution in [0.2, 0.25) is 5.02 Å². The van der Waals surface area contributed by atoms with E-state index in [2.05, 4.69) is 9.72 Å². The van der Waals surface area contributed by atoms with Crippen LogP contribution in [0, 0.1) is 5.82 Å². The lowest BCUT2D eigenvalue weighted by Gasteiger charge is -2.07. The molecule has 1 aromatic carbocycles. The van der Waals surface area contributed by atoms with Gasteiger partial charge in [-0.2, -0.15) is 0 Å². The summed E-state index contributed by atoms with van der Waals surface area (Å²) in [5, 5.41) is 9.69. The van der Waals surface area contributed by atoms with Gasteiger partial charge >= 0.3 is 5.97 Å². The molecule has 2 aromatic rings. The summed E-state index contributed by atoms with van der Waals surface area (Å²) in [5.74, 6) is -2.38. The molecular formula is C12H9ClFNO4. The Kier molecular flexibility index (Phi) is 3.44. The van der Waals surface area contributed by atoms with E-state index in [0.717, 1.165) is 12.1 Å². The first-order chi connectivity index (χ1) is 8.95. The van der Waals surface area contributed by atoms with E-state index < -0.39 is 28.7 Å². The van der Waals surface area contributed by atoms with E-state index in [4.69, 9.17) is 11.6 Å². The van der Waals surface area contributed by atoms with E-state index in [9.17, 15) is 19.1 Å². The number of rotatable bonds is 2. The molecule has 0 aliphatic heterocycles. The summed E-state index contributed by atoms with van der Waals surface area (Å²) in [6.07, 6.45) is 0. The van der Waals surface area contributed by atoms with Gasteiger partial charge in [0.05, 0.1) is 17.1 Å². The number of aromatic amines is 1. The van der Waals surface area contributed by atoms with Gasteiger partial charge in [0, 0.05) is 5.39 Å². The van der Waals surface area contributed by atoms with Crippen molar-refractivity contribution in [3.63, 3.8) is 0 Å². The standard InChI is InChI=1S/C12H9ClFNO4/c1-2-19-12(18)9-10(16)5-3-7(14)6(13)4-8(5)15-11(9)17/h3-4H,2H2,1H3,(H2,15,16,17). The lowest BCUT2D eigenvalue weighted by atomic mass is 10.1. The highest BCUT2D eigenvalue weighted by atomic mass is 35.5. The Bertz CT molecular complexity index is 726. The molecule has 0 aliphatic carbocycles. The summed E-state index contributed by atoms with van der Waals surface area (Å²) in [6.45, 7) is 1.61. The molecule has 0 radical (unpaired) electrons. The molecule has 1 aromatic heterocycles. The number of hydrogen-bond acceptors (Lipinski definition) is 4. The average Bonchev–Trinajstić information content (AvgIpc) is 2.32. The highest BCUT2D eigenvalue weighted by Gasteiger charge is 2.21. The molecule has 0 atom stereocenters. The predicted octanol–water partition coefficient (Wildman–Crippen LogP) is 2.20. The molecule has 0 amide bonds. The van der Waals surface area contributed by atoms with Gasteiger partial charge in [0.2, 0.25) is 0 Å². The fraction of sp³-hybridized carbons (Fsp3) is 0.167. The number of fused-ring (bicyclic) bond motifs is 1. The van der Waals surface area contributed by atoms with Crippen molar-refractivity contribution >= 4 is 28.5 Å². The van der Waals surface area contributed by atoms with E-state index >= 15 is 0 Å². The molecule has 0 unspecified atom stereocenters. The Morgan fingerprint density at radius 1 is 1.53 bits per heavy atom. The third-order valence-corrected chi connectivity index (χ3v) is 2.80. The Morgan fingerprint density at radius 3 is 2.84 bits per heavy atom. The Balaban J connectivity index is 2.78. The number of ether oxygens (including phenoxy) is 1. The van der Waals surface area contributed by atoms with Crippen LogP contribution in [-0.2, 0) is 4.74 Å². The van der Waals surface area contributed by atoms with Crippen molar-refractivity contribution < 1.29 is 19.0 Å². The second-order valence-electron chi connectivity index (χ2n) is 3.71. The fourth-order valence-electron chi connectivity index (χ4n) is 1.67. The molecule has 0 saturated heterocycles. The summed E-state index contributed by atoms with van der Waals surface area (Å²) in [6, 6.07) is 2.09. The first kappa shape index (κ1) is 13.4. The second-order valence-corrected chi connectivity index (χ2v) is 4.12. The van der Waals surface area contributed by atoms with Gasteiger partial charge in [0.25, 0.3) is 5.56 Å². The van der Waals surface area contributed by atoms with Crippen LogP contribution in [0.1, 0.15) is 17.3 Å². The molecule has 1 heterocycles. The summed E-state index contributed by atoms with van der Waals surface area (Å²) in [5.41, 5.74) is -1.26. The van der Waals surface area contributed by atoms with Gasteiger partial charge < -0.3 is 14.8 Å². The van der Waals surface area contributed by atoms with Crippen molar-refractivity contribution in [1.29, 1.82) is 0 Å². The van der Waals surface area contributed by atoms with E-state index in [1.165, 1.54) is 0 Å². The zero-order valence-corrected chi connectivity index (χ0v) is 10.5. The van der Waals surface area contributed by atoms with E-state index in [-0.39, 0.29) is 22.5 Å². The average molecular weight is 286 g/mol. The third-order valence-electron chi connectivity index (χ3n) is 2.51. The first-order valence-electron chi connectivity index (χ1n) is 5.36. The van der Waals surface area contributed by atoms with Crippen LogP contribution < -0.4 is 5.56 Å². The largest absolute Gasteiger partial charge is 0.506 e. The van der Waals surface area contributed by atoms with Crippen LogP contribution in [-0.4, -0.2) is 22.7 Å². The third kappa shape index (κ3) is 2.26. The molecule has 7 heteroatoms. The van der Waals surface area contributed by atoms with Crippen molar-refractivity contribution in [1.82, 2.24) is 4.98 Å². The summed E-state index contributed by atoms with van der Waals surface area (Å²) in [7, 11) is 0. The number of pyridine rings is 1. The molecule has 2 rings (SSSR count). The number of aromatic hydroxyl groups is 1. The minimum Gasteiger partial charge on any atom is -0.506 e. The minimum atomic E-state index is -0.974. The number of benzene rings is 1. The fourth-order valence-corrected chi connectivity index (χ4v) is 1.83. The Hall–Kier alpha value is -2.08. The maximum absolute atomic E-state index is 13.4. The van der Waals surface area contributed by atoms with Crippen LogP contribution >= 0.6 is 11.6 Å². The van der Waals surface area contributed by atoms with Crippen LogP contribution in [0.15, 0.2) is 16.9 Å². The van der Waals surface area contributed by atoms with Crippen LogP contribution in [0.4, 0.5) is 4.39 Å². The van der Waals surface area contributed by atoms with Gasteiger partial charge in [0.1, 0.15) is 11.6 Å². The maximum atomic E-state index is 13.4. The highest BCUT2D eigenvalue weighted by molar-refractivity contribution is 6.31. The van der Waals surface area contributed by atoms with Gasteiger partial charge in [-0.1, -0.05) is 11.6 Å². The summed E-state index contributed by atoms with van der Waals surface area (Å²) >= 11 is 5.57. The zero-order valence-electron chi connectivity index (χ0n) is 9.79. The van der Waals surface area contributed by atoms with Gasteiger partial charge in [-0.25, -0.2) is 9.18 Å².